The first kappa shape index (κ1) is 22.9. The first-order valence-electron chi connectivity index (χ1n) is 9.59. The van der Waals surface area contributed by atoms with Gasteiger partial charge in [0.25, 0.3) is 11.8 Å². The van der Waals surface area contributed by atoms with Gasteiger partial charge in [-0.1, -0.05) is 6.07 Å². The van der Waals surface area contributed by atoms with Crippen molar-refractivity contribution in [3.63, 3.8) is 0 Å². The minimum Gasteiger partial charge on any atom is -0.477 e. The van der Waals surface area contributed by atoms with E-state index in [1.54, 1.807) is 6.07 Å². The van der Waals surface area contributed by atoms with Gasteiger partial charge in [-0.3, -0.25) is 9.59 Å². The summed E-state index contributed by atoms with van der Waals surface area (Å²) in [6.45, 7) is -0.182. The van der Waals surface area contributed by atoms with E-state index in [4.69, 9.17) is 5.11 Å². The Bertz CT molecular complexity index is 1440. The molecular weight excluding hydrogens is 475 g/mol. The summed E-state index contributed by atoms with van der Waals surface area (Å²) < 4.78 is 41.5. The third-order valence-corrected chi connectivity index (χ3v) is 5.70. The van der Waals surface area contributed by atoms with Crippen LogP contribution in [0.3, 0.4) is 0 Å². The van der Waals surface area contributed by atoms with E-state index < -0.39 is 35.2 Å². The maximum absolute atomic E-state index is 14.2. The molecule has 0 aliphatic carbocycles. The monoisotopic (exact) mass is 489 g/mol. The molecule has 4 rings (SSSR count). The second-order valence-corrected chi connectivity index (χ2v) is 8.11. The Morgan fingerprint density at radius 3 is 2.41 bits per heavy atom. The predicted octanol–water partition coefficient (Wildman–Crippen LogP) is 2.77. The number of fused-ring (bicyclic) bond motifs is 1. The van der Waals surface area contributed by atoms with Gasteiger partial charge in [0, 0.05) is 17.5 Å². The number of carboxylic acid groups (broad SMARTS) is 1. The molecule has 4 aromatic rings. The van der Waals surface area contributed by atoms with Crippen molar-refractivity contribution in [1.29, 1.82) is 0 Å². The molecule has 174 valence electrons. The minimum atomic E-state index is -1.09. The summed E-state index contributed by atoms with van der Waals surface area (Å²) in [5.41, 5.74) is -0.584. The van der Waals surface area contributed by atoms with Gasteiger partial charge in [-0.2, -0.15) is 5.10 Å². The number of rotatable bonds is 7. The molecule has 34 heavy (non-hydrogen) atoms. The van der Waals surface area contributed by atoms with Crippen molar-refractivity contribution in [2.24, 2.45) is 0 Å². The lowest BCUT2D eigenvalue weighted by Gasteiger charge is -2.09. The number of hydrogen-bond acceptors (Lipinski definition) is 6. The molecule has 13 heteroatoms. The molecule has 0 unspecified atom stereocenters. The number of benzene rings is 1. The molecule has 3 aromatic heterocycles. The van der Waals surface area contributed by atoms with Crippen LogP contribution in [0.5, 0.6) is 0 Å². The largest absolute Gasteiger partial charge is 0.477 e. The van der Waals surface area contributed by atoms with E-state index in [0.717, 1.165) is 40.2 Å². The molecule has 9 nitrogen and oxygen atoms in total. The van der Waals surface area contributed by atoms with Crippen LogP contribution in [0.1, 0.15) is 41.1 Å². The van der Waals surface area contributed by atoms with Crippen LogP contribution in [0.2, 0.25) is 0 Å². The zero-order chi connectivity index (χ0) is 24.4. The van der Waals surface area contributed by atoms with Crippen LogP contribution in [-0.4, -0.2) is 37.5 Å². The fourth-order valence-electron chi connectivity index (χ4n) is 2.98. The first-order chi connectivity index (χ1) is 16.2. The number of hydrogen-bond donors (Lipinski definition) is 3. The van der Waals surface area contributed by atoms with E-state index in [0.29, 0.717) is 4.88 Å². The molecule has 0 atom stereocenters. The number of carbonyl (C=O) groups excluding carboxylic acids is 2. The van der Waals surface area contributed by atoms with Crippen LogP contribution < -0.4 is 10.6 Å². The molecular formula is C21H14F3N5O4S. The van der Waals surface area contributed by atoms with Gasteiger partial charge in [-0.25, -0.2) is 27.5 Å². The minimum absolute atomic E-state index is 0.0119. The Hall–Kier alpha value is -4.26. The molecule has 0 bridgehead atoms. The van der Waals surface area contributed by atoms with E-state index in [2.05, 4.69) is 20.7 Å². The Balaban J connectivity index is 1.54. The van der Waals surface area contributed by atoms with E-state index in [1.807, 2.05) is 0 Å². The van der Waals surface area contributed by atoms with Crippen LogP contribution in [0.15, 0.2) is 42.6 Å². The van der Waals surface area contributed by atoms with Gasteiger partial charge in [0.2, 0.25) is 0 Å². The van der Waals surface area contributed by atoms with Gasteiger partial charge in [0.05, 0.1) is 12.7 Å². The van der Waals surface area contributed by atoms with Gasteiger partial charge in [0.1, 0.15) is 16.3 Å². The zero-order valence-electron chi connectivity index (χ0n) is 17.0. The van der Waals surface area contributed by atoms with Gasteiger partial charge < -0.3 is 15.7 Å². The highest BCUT2D eigenvalue weighted by Gasteiger charge is 2.20. The topological polar surface area (TPSA) is 126 Å². The Labute approximate surface area is 192 Å². The van der Waals surface area contributed by atoms with Crippen molar-refractivity contribution in [2.45, 2.75) is 13.1 Å². The van der Waals surface area contributed by atoms with E-state index in [1.165, 1.54) is 12.1 Å². The van der Waals surface area contributed by atoms with Crippen LogP contribution in [0.4, 0.5) is 13.2 Å². The van der Waals surface area contributed by atoms with Crippen LogP contribution in [-0.2, 0) is 13.1 Å². The van der Waals surface area contributed by atoms with Crippen molar-refractivity contribution in [3.05, 3.63) is 86.8 Å². The molecule has 0 saturated heterocycles. The predicted molar refractivity (Wildman–Crippen MR) is 113 cm³/mol. The smallest absolute Gasteiger partial charge is 0.345 e. The second-order valence-electron chi connectivity index (χ2n) is 6.94. The number of nitrogens with one attached hydrogen (secondary N) is 2. The third kappa shape index (κ3) is 4.73. The molecule has 0 saturated carbocycles. The zero-order valence-corrected chi connectivity index (χ0v) is 17.8. The molecule has 0 aliphatic rings. The number of amides is 2. The fraction of sp³-hybridized carbons (Fsp3) is 0.0952. The van der Waals surface area contributed by atoms with Crippen molar-refractivity contribution in [2.75, 3.05) is 0 Å². The van der Waals surface area contributed by atoms with Crippen molar-refractivity contribution >= 4 is 34.8 Å². The number of nitrogens with zero attached hydrogens (tertiary/aromatic N) is 3. The van der Waals surface area contributed by atoms with Crippen LogP contribution >= 0.6 is 11.3 Å². The molecule has 0 spiro atoms. The van der Waals surface area contributed by atoms with E-state index >= 15 is 0 Å². The molecule has 3 heterocycles. The first-order valence-corrected chi connectivity index (χ1v) is 10.4. The van der Waals surface area contributed by atoms with Gasteiger partial charge in [-0.15, -0.1) is 11.3 Å². The van der Waals surface area contributed by atoms with E-state index in [9.17, 15) is 27.6 Å². The number of aromatic nitrogens is 3. The number of carbonyl (C=O) groups is 3. The van der Waals surface area contributed by atoms with Crippen molar-refractivity contribution in [3.8, 4) is 0 Å². The lowest BCUT2D eigenvalue weighted by Crippen LogP contribution is -2.28. The summed E-state index contributed by atoms with van der Waals surface area (Å²) in [7, 11) is 0. The van der Waals surface area contributed by atoms with Crippen LogP contribution in [0, 0.1) is 17.5 Å². The van der Waals surface area contributed by atoms with Gasteiger partial charge >= 0.3 is 5.97 Å². The average Bonchev–Trinajstić information content (AvgIpc) is 3.44. The maximum atomic E-state index is 14.2. The maximum Gasteiger partial charge on any atom is 0.345 e. The summed E-state index contributed by atoms with van der Waals surface area (Å²) in [5, 5.41) is 17.8. The third-order valence-electron chi connectivity index (χ3n) is 4.63. The Morgan fingerprint density at radius 2 is 1.71 bits per heavy atom. The second kappa shape index (κ2) is 9.31. The lowest BCUT2D eigenvalue weighted by atomic mass is 10.2. The summed E-state index contributed by atoms with van der Waals surface area (Å²) >= 11 is 0.977. The Morgan fingerprint density at radius 1 is 0.941 bits per heavy atom. The van der Waals surface area contributed by atoms with Crippen molar-refractivity contribution < 1.29 is 32.7 Å². The summed E-state index contributed by atoms with van der Waals surface area (Å²) in [4.78, 5) is 40.9. The molecule has 0 radical (unpaired) electrons. The molecule has 2 amide bonds. The number of aromatic carboxylic acids is 1. The summed E-state index contributed by atoms with van der Waals surface area (Å²) in [6, 6.07) is 7.16. The quantitative estimate of drug-likeness (QED) is 0.367. The summed E-state index contributed by atoms with van der Waals surface area (Å²) in [5.74, 6) is -5.57. The lowest BCUT2D eigenvalue weighted by molar-refractivity contribution is 0.0701. The Kier molecular flexibility index (Phi) is 6.27. The van der Waals surface area contributed by atoms with Crippen molar-refractivity contribution in [1.82, 2.24) is 25.2 Å². The molecule has 1 aromatic carbocycles. The standard InChI is InChI=1S/C21H14F3N5O4S/c22-12-3-1-10(5-13(12)23)7-25-19(30)15-6-16(29-18(28-15)14(24)9-27-29)20(31)26-8-11-2-4-17(34-11)21(32)33/h1-6,9H,7-8H2,(H,25,30)(H,26,31)(H,32,33). The SMILES string of the molecule is O=C(NCc1ccc(F)c(F)c1)c1cc(C(=O)NCc2ccc(C(=O)O)s2)n2ncc(F)c2n1. The number of thiophene rings is 1. The highest BCUT2D eigenvalue weighted by atomic mass is 32.1. The average molecular weight is 489 g/mol. The van der Waals surface area contributed by atoms with Crippen LogP contribution in [0.25, 0.3) is 5.65 Å². The molecule has 0 aliphatic heterocycles. The normalized spacial score (nSPS) is 10.9. The van der Waals surface area contributed by atoms with E-state index in [-0.39, 0.29) is 40.6 Å². The van der Waals surface area contributed by atoms with Gasteiger partial charge in [0.15, 0.2) is 23.1 Å². The van der Waals surface area contributed by atoms with Gasteiger partial charge in [-0.05, 0) is 29.8 Å². The highest BCUT2D eigenvalue weighted by Crippen LogP contribution is 2.17. The fourth-order valence-corrected chi connectivity index (χ4v) is 3.77. The number of halogens is 3. The highest BCUT2D eigenvalue weighted by molar-refractivity contribution is 7.13. The molecule has 3 N–H and O–H groups in total. The number of carboxylic acids is 1. The summed E-state index contributed by atoms with van der Waals surface area (Å²) in [6.07, 6.45) is 0.834. The molecule has 0 fully saturated rings.